The lowest BCUT2D eigenvalue weighted by Crippen LogP contribution is -2.25. The highest BCUT2D eigenvalue weighted by Gasteiger charge is 2.30. The quantitative estimate of drug-likeness (QED) is 0.0904. The SMILES string of the molecule is COc1ccc2c(ccc3c(-c4cccc(Br)c4)c4ccc5cc(C)ccc5c4nc32)c1.COc1ccc2c(ccc3c(-c4cccc(P(=O)(c5ccccc5)c5ccccc5)c4)c4ccc5cc(C)ccc5c4nc32)c1. The van der Waals surface area contributed by atoms with Crippen molar-refractivity contribution in [1.82, 2.24) is 9.97 Å². The van der Waals surface area contributed by atoms with Crippen molar-refractivity contribution in [3.8, 4) is 33.8 Å². The number of nitrogens with zero attached hydrogens (tertiary/aromatic N) is 2. The van der Waals surface area contributed by atoms with Gasteiger partial charge < -0.3 is 14.0 Å². The molecule has 2 aromatic heterocycles. The van der Waals surface area contributed by atoms with Gasteiger partial charge in [-0.3, -0.25) is 0 Å². The summed E-state index contributed by atoms with van der Waals surface area (Å²) in [5, 5.41) is 15.9. The maximum atomic E-state index is 15.3. The van der Waals surface area contributed by atoms with Crippen molar-refractivity contribution >= 4 is 126 Å². The highest BCUT2D eigenvalue weighted by molar-refractivity contribution is 9.10. The molecular formula is C70H50BrN2O3P. The summed E-state index contributed by atoms with van der Waals surface area (Å²) in [7, 11) is 0.226. The summed E-state index contributed by atoms with van der Waals surface area (Å²) in [6, 6.07) is 79.5. The molecule has 77 heavy (non-hydrogen) atoms. The first-order valence-electron chi connectivity index (χ1n) is 25.7. The zero-order valence-corrected chi connectivity index (χ0v) is 45.4. The molecule has 370 valence electrons. The van der Waals surface area contributed by atoms with Gasteiger partial charge in [0.2, 0.25) is 0 Å². The molecule has 14 aromatic rings. The molecule has 0 N–H and O–H groups in total. The fourth-order valence-corrected chi connectivity index (χ4v) is 14.4. The van der Waals surface area contributed by atoms with E-state index in [9.17, 15) is 0 Å². The van der Waals surface area contributed by atoms with Crippen LogP contribution in [0, 0.1) is 13.8 Å². The first-order valence-corrected chi connectivity index (χ1v) is 28.2. The molecule has 0 radical (unpaired) electrons. The van der Waals surface area contributed by atoms with E-state index in [1.54, 1.807) is 14.2 Å². The van der Waals surface area contributed by atoms with Crippen molar-refractivity contribution < 1.29 is 14.0 Å². The summed E-state index contributed by atoms with van der Waals surface area (Å²) in [5.41, 5.74) is 10.9. The van der Waals surface area contributed by atoms with Crippen LogP contribution in [0.25, 0.3) is 109 Å². The normalized spacial score (nSPS) is 11.8. The molecule has 0 unspecified atom stereocenters. The molecule has 0 bridgehead atoms. The number of hydrogen-bond acceptors (Lipinski definition) is 5. The Labute approximate surface area is 454 Å². The lowest BCUT2D eigenvalue weighted by atomic mass is 9.92. The third-order valence-corrected chi connectivity index (χ3v) is 18.6. The summed E-state index contributed by atoms with van der Waals surface area (Å²) in [6.45, 7) is 4.25. The van der Waals surface area contributed by atoms with E-state index in [1.807, 2.05) is 84.9 Å². The maximum absolute atomic E-state index is 15.3. The van der Waals surface area contributed by atoms with E-state index in [2.05, 4.69) is 175 Å². The van der Waals surface area contributed by atoms with Crippen molar-refractivity contribution in [2.75, 3.05) is 14.2 Å². The highest BCUT2D eigenvalue weighted by atomic mass is 79.9. The van der Waals surface area contributed by atoms with Crippen molar-refractivity contribution in [3.05, 3.63) is 246 Å². The summed E-state index contributed by atoms with van der Waals surface area (Å²) < 4.78 is 27.4. The number of aromatic nitrogens is 2. The van der Waals surface area contributed by atoms with Crippen LogP contribution in [0.4, 0.5) is 0 Å². The van der Waals surface area contributed by atoms with Crippen LogP contribution in [-0.4, -0.2) is 24.2 Å². The van der Waals surface area contributed by atoms with Gasteiger partial charge in [-0.2, -0.15) is 0 Å². The van der Waals surface area contributed by atoms with Crippen LogP contribution < -0.4 is 25.4 Å². The van der Waals surface area contributed by atoms with E-state index in [4.69, 9.17) is 19.4 Å². The van der Waals surface area contributed by atoms with E-state index < -0.39 is 7.14 Å². The van der Waals surface area contributed by atoms with Gasteiger partial charge in [0.15, 0.2) is 7.14 Å². The fraction of sp³-hybridized carbons (Fsp3) is 0.0571. The van der Waals surface area contributed by atoms with Crippen molar-refractivity contribution in [2.24, 2.45) is 0 Å². The minimum absolute atomic E-state index is 0.803. The number of halogens is 1. The molecule has 0 spiro atoms. The number of pyridine rings is 2. The van der Waals surface area contributed by atoms with Crippen LogP contribution in [0.3, 0.4) is 0 Å². The molecule has 5 nitrogen and oxygen atoms in total. The van der Waals surface area contributed by atoms with Gasteiger partial charge in [-0.25, -0.2) is 9.97 Å². The summed E-state index contributed by atoms with van der Waals surface area (Å²) in [6.07, 6.45) is 0. The second-order valence-corrected chi connectivity index (χ2v) is 23.5. The van der Waals surface area contributed by atoms with Gasteiger partial charge >= 0.3 is 0 Å². The second-order valence-electron chi connectivity index (χ2n) is 19.8. The maximum Gasteiger partial charge on any atom is 0.171 e. The third kappa shape index (κ3) is 8.37. The summed E-state index contributed by atoms with van der Waals surface area (Å²) in [5.74, 6) is 1.67. The topological polar surface area (TPSA) is 61.3 Å². The Balaban J connectivity index is 0.000000156. The van der Waals surface area contributed by atoms with E-state index in [0.29, 0.717) is 0 Å². The zero-order chi connectivity index (χ0) is 52.4. The standard InChI is InChI=1S/C41H30NO2P.C29H20BrNO/c1-27-16-20-35-28(24-27)17-21-37-39(38-22-18-29-25-31(44-2)19-23-36(29)41(38)42-40(35)37)30-10-9-15-34(26-30)45(43,32-11-5-3-6-12-32)33-13-7-4-8-14-33;1-17-6-10-23-18(14-17)7-11-25-27(20-4-3-5-21(30)15-20)26-12-8-19-16-22(32-2)9-13-24(19)29(26)31-28(23)25/h3-26H,1-2H3;3-16H,1-2H3. The molecule has 0 aliphatic heterocycles. The number of benzene rings is 12. The van der Waals surface area contributed by atoms with Gasteiger partial charge in [-0.15, -0.1) is 0 Å². The van der Waals surface area contributed by atoms with Gasteiger partial charge in [-0.05, 0) is 101 Å². The first kappa shape index (κ1) is 48.0. The van der Waals surface area contributed by atoms with Gasteiger partial charge in [0.05, 0.1) is 36.3 Å². The lowest BCUT2D eigenvalue weighted by Gasteiger charge is -2.21. The minimum Gasteiger partial charge on any atom is -0.497 e. The van der Waals surface area contributed by atoms with Crippen LogP contribution in [0.1, 0.15) is 11.1 Å². The lowest BCUT2D eigenvalue weighted by molar-refractivity contribution is 0.415. The highest BCUT2D eigenvalue weighted by Crippen LogP contribution is 2.46. The van der Waals surface area contributed by atoms with Gasteiger partial charge in [0.1, 0.15) is 11.5 Å². The Hall–Kier alpha value is -8.67. The van der Waals surface area contributed by atoms with Crippen LogP contribution in [0.5, 0.6) is 11.5 Å². The number of fused-ring (bicyclic) bond motifs is 12. The third-order valence-electron chi connectivity index (χ3n) is 15.1. The van der Waals surface area contributed by atoms with E-state index in [-0.39, 0.29) is 0 Å². The van der Waals surface area contributed by atoms with Crippen molar-refractivity contribution in [2.45, 2.75) is 13.8 Å². The summed E-state index contributed by atoms with van der Waals surface area (Å²) in [4.78, 5) is 10.7. The summed E-state index contributed by atoms with van der Waals surface area (Å²) >= 11 is 3.66. The predicted molar refractivity (Wildman–Crippen MR) is 329 cm³/mol. The van der Waals surface area contributed by atoms with Crippen LogP contribution >= 0.6 is 23.1 Å². The van der Waals surface area contributed by atoms with Crippen LogP contribution in [0.2, 0.25) is 0 Å². The molecule has 0 amide bonds. The Morgan fingerprint density at radius 3 is 1.13 bits per heavy atom. The fourth-order valence-electron chi connectivity index (χ4n) is 11.4. The molecule has 0 aliphatic rings. The number of aryl methyl sites for hydroxylation is 2. The van der Waals surface area contributed by atoms with Crippen molar-refractivity contribution in [1.29, 1.82) is 0 Å². The predicted octanol–water partition coefficient (Wildman–Crippen LogP) is 17.8. The molecular weight excluding hydrogens is 1030 g/mol. The molecule has 12 aromatic carbocycles. The van der Waals surface area contributed by atoms with Crippen LogP contribution in [-0.2, 0) is 4.57 Å². The first-order chi connectivity index (χ1) is 37.7. The Bertz CT molecular complexity index is 4690. The Morgan fingerprint density at radius 2 is 0.714 bits per heavy atom. The second kappa shape index (κ2) is 19.5. The Kier molecular flexibility index (Phi) is 12.1. The zero-order valence-electron chi connectivity index (χ0n) is 42.9. The van der Waals surface area contributed by atoms with Gasteiger partial charge in [0.25, 0.3) is 0 Å². The number of hydrogen-bond donors (Lipinski definition) is 0. The molecule has 0 atom stereocenters. The molecule has 7 heteroatoms. The average Bonchev–Trinajstić information content (AvgIpc) is 3.47. The number of ether oxygens (including phenoxy) is 2. The molecule has 2 heterocycles. The van der Waals surface area contributed by atoms with Crippen molar-refractivity contribution in [3.63, 3.8) is 0 Å². The molecule has 14 rings (SSSR count). The van der Waals surface area contributed by atoms with Gasteiger partial charge in [-0.1, -0.05) is 203 Å². The number of rotatable bonds is 7. The molecule has 0 saturated heterocycles. The molecule has 0 aliphatic carbocycles. The molecule has 0 fully saturated rings. The minimum atomic E-state index is -3.17. The monoisotopic (exact) mass is 1080 g/mol. The van der Waals surface area contributed by atoms with E-state index in [1.165, 1.54) is 38.4 Å². The number of methoxy groups -OCH3 is 2. The smallest absolute Gasteiger partial charge is 0.171 e. The van der Waals surface area contributed by atoms with E-state index >= 15 is 4.57 Å². The Morgan fingerprint density at radius 1 is 0.351 bits per heavy atom. The van der Waals surface area contributed by atoms with Gasteiger partial charge in [0, 0.05) is 74.6 Å². The van der Waals surface area contributed by atoms with Crippen LogP contribution in [0.15, 0.2) is 235 Å². The largest absolute Gasteiger partial charge is 0.497 e. The van der Waals surface area contributed by atoms with E-state index in [0.717, 1.165) is 114 Å². The molecule has 0 saturated carbocycles. The average molecular weight is 1080 g/mol.